The molecule has 172 valence electrons. The SMILES string of the molecule is CN(c1cccc(-c2ccnc3c(C(=O)c4cccs4)cnn23)c1)S(=O)(=O)c1ccccc1C#N. The van der Waals surface area contributed by atoms with Crippen LogP contribution in [0.1, 0.15) is 20.8 Å². The van der Waals surface area contributed by atoms with Crippen molar-refractivity contribution in [2.24, 2.45) is 0 Å². The molecule has 3 aromatic heterocycles. The molecule has 3 heterocycles. The van der Waals surface area contributed by atoms with E-state index in [4.69, 9.17) is 0 Å². The number of ketones is 1. The molecule has 0 amide bonds. The summed E-state index contributed by atoms with van der Waals surface area (Å²) in [6.07, 6.45) is 3.08. The van der Waals surface area contributed by atoms with Crippen molar-refractivity contribution in [1.29, 1.82) is 5.26 Å². The number of nitrogens with zero attached hydrogens (tertiary/aromatic N) is 5. The first-order valence-corrected chi connectivity index (χ1v) is 12.7. The van der Waals surface area contributed by atoms with Crippen molar-refractivity contribution in [3.05, 3.63) is 101 Å². The van der Waals surface area contributed by atoms with Gasteiger partial charge in [0.2, 0.25) is 5.78 Å². The van der Waals surface area contributed by atoms with Crippen molar-refractivity contribution in [2.75, 3.05) is 11.4 Å². The van der Waals surface area contributed by atoms with Crippen molar-refractivity contribution >= 4 is 38.5 Å². The zero-order valence-electron chi connectivity index (χ0n) is 18.4. The van der Waals surface area contributed by atoms with Crippen LogP contribution in [0.4, 0.5) is 5.69 Å². The quantitative estimate of drug-likeness (QED) is 0.321. The number of hydrogen-bond donors (Lipinski definition) is 0. The monoisotopic (exact) mass is 499 g/mol. The van der Waals surface area contributed by atoms with Gasteiger partial charge in [0.15, 0.2) is 5.65 Å². The van der Waals surface area contributed by atoms with Crippen molar-refractivity contribution < 1.29 is 13.2 Å². The molecule has 0 fully saturated rings. The van der Waals surface area contributed by atoms with E-state index in [0.717, 1.165) is 4.31 Å². The van der Waals surface area contributed by atoms with Crippen molar-refractivity contribution in [1.82, 2.24) is 14.6 Å². The predicted octanol–water partition coefficient (Wildman–Crippen LogP) is 4.39. The number of sulfonamides is 1. The van der Waals surface area contributed by atoms with Gasteiger partial charge in [-0.25, -0.2) is 17.9 Å². The predicted molar refractivity (Wildman–Crippen MR) is 133 cm³/mol. The Morgan fingerprint density at radius 1 is 1.09 bits per heavy atom. The Morgan fingerprint density at radius 2 is 1.91 bits per heavy atom. The van der Waals surface area contributed by atoms with Gasteiger partial charge in [0, 0.05) is 18.8 Å². The van der Waals surface area contributed by atoms with Crippen LogP contribution < -0.4 is 4.31 Å². The highest BCUT2D eigenvalue weighted by Gasteiger charge is 2.25. The van der Waals surface area contributed by atoms with E-state index in [2.05, 4.69) is 10.1 Å². The van der Waals surface area contributed by atoms with Gasteiger partial charge < -0.3 is 0 Å². The fraction of sp³-hybridized carbons (Fsp3) is 0.0400. The Labute approximate surface area is 205 Å². The molecule has 0 atom stereocenters. The van der Waals surface area contributed by atoms with Crippen LogP contribution in [0.3, 0.4) is 0 Å². The van der Waals surface area contributed by atoms with Crippen LogP contribution in [0, 0.1) is 11.3 Å². The third kappa shape index (κ3) is 3.86. The van der Waals surface area contributed by atoms with Gasteiger partial charge in [-0.3, -0.25) is 9.10 Å². The Hall–Kier alpha value is -4.33. The number of anilines is 1. The third-order valence-electron chi connectivity index (χ3n) is 5.54. The molecular formula is C25H17N5O3S2. The van der Waals surface area contributed by atoms with E-state index in [-0.39, 0.29) is 16.2 Å². The Morgan fingerprint density at radius 3 is 2.69 bits per heavy atom. The van der Waals surface area contributed by atoms with Crippen LogP contribution in [-0.2, 0) is 10.0 Å². The lowest BCUT2D eigenvalue weighted by Gasteiger charge is -2.21. The Bertz CT molecular complexity index is 1720. The number of hydrogen-bond acceptors (Lipinski definition) is 7. The summed E-state index contributed by atoms with van der Waals surface area (Å²) in [7, 11) is -2.53. The van der Waals surface area contributed by atoms with Crippen LogP contribution in [0.15, 0.2) is 89.4 Å². The Kier molecular flexibility index (Phi) is 5.64. The number of fused-ring (bicyclic) bond motifs is 1. The first-order valence-electron chi connectivity index (χ1n) is 10.4. The van der Waals surface area contributed by atoms with E-state index in [0.29, 0.717) is 33.0 Å². The standard InChI is InChI=1S/C25H17N5O3S2/c1-29(35(32,33)23-10-3-2-6-18(23)15-26)19-8-4-7-17(14-19)21-11-12-27-25-20(16-28-30(21)25)24(31)22-9-5-13-34-22/h2-14,16H,1H3. The molecule has 0 spiro atoms. The highest BCUT2D eigenvalue weighted by Crippen LogP contribution is 2.29. The summed E-state index contributed by atoms with van der Waals surface area (Å²) in [6.45, 7) is 0. The van der Waals surface area contributed by atoms with E-state index in [9.17, 15) is 18.5 Å². The molecule has 5 rings (SSSR count). The smallest absolute Gasteiger partial charge is 0.265 e. The van der Waals surface area contributed by atoms with Crippen LogP contribution >= 0.6 is 11.3 Å². The molecule has 0 aliphatic heterocycles. The molecule has 0 aliphatic carbocycles. The summed E-state index contributed by atoms with van der Waals surface area (Å²) in [5.74, 6) is -0.157. The molecule has 10 heteroatoms. The summed E-state index contributed by atoms with van der Waals surface area (Å²) >= 11 is 1.35. The van der Waals surface area contributed by atoms with Crippen molar-refractivity contribution in [2.45, 2.75) is 4.90 Å². The van der Waals surface area contributed by atoms with Gasteiger partial charge in [-0.15, -0.1) is 11.3 Å². The molecule has 0 saturated heterocycles. The molecule has 5 aromatic rings. The van der Waals surface area contributed by atoms with Crippen molar-refractivity contribution in [3.8, 4) is 17.3 Å². The lowest BCUT2D eigenvalue weighted by molar-refractivity contribution is 0.104. The van der Waals surface area contributed by atoms with Crippen LogP contribution in [0.2, 0.25) is 0 Å². The highest BCUT2D eigenvalue weighted by atomic mass is 32.2. The lowest BCUT2D eigenvalue weighted by atomic mass is 10.1. The van der Waals surface area contributed by atoms with Crippen LogP contribution in [0.5, 0.6) is 0 Å². The van der Waals surface area contributed by atoms with E-state index in [1.807, 2.05) is 23.6 Å². The number of nitriles is 1. The fourth-order valence-electron chi connectivity index (χ4n) is 3.74. The van der Waals surface area contributed by atoms with Gasteiger partial charge >= 0.3 is 0 Å². The molecule has 35 heavy (non-hydrogen) atoms. The minimum absolute atomic E-state index is 0.0643. The molecule has 0 saturated carbocycles. The normalized spacial score (nSPS) is 11.3. The first kappa shape index (κ1) is 22.5. The molecule has 0 unspecified atom stereocenters. The van der Waals surface area contributed by atoms with Crippen LogP contribution in [-0.4, -0.2) is 35.8 Å². The summed E-state index contributed by atoms with van der Waals surface area (Å²) in [4.78, 5) is 17.8. The largest absolute Gasteiger partial charge is 0.287 e. The summed E-state index contributed by atoms with van der Waals surface area (Å²) in [6, 6.07) is 20.3. The number of rotatable bonds is 6. The van der Waals surface area contributed by atoms with Gasteiger partial charge in [0.1, 0.15) is 11.0 Å². The van der Waals surface area contributed by atoms with E-state index in [1.165, 1.54) is 36.7 Å². The van der Waals surface area contributed by atoms with Crippen molar-refractivity contribution in [3.63, 3.8) is 0 Å². The number of carbonyl (C=O) groups excluding carboxylic acids is 1. The average molecular weight is 500 g/mol. The second-order valence-corrected chi connectivity index (χ2v) is 10.4. The second kappa shape index (κ2) is 8.79. The average Bonchev–Trinajstić information content (AvgIpc) is 3.58. The summed E-state index contributed by atoms with van der Waals surface area (Å²) < 4.78 is 29.3. The Balaban J connectivity index is 1.56. The second-order valence-electron chi connectivity index (χ2n) is 7.56. The molecule has 8 nitrogen and oxygen atoms in total. The van der Waals surface area contributed by atoms with E-state index >= 15 is 0 Å². The lowest BCUT2D eigenvalue weighted by Crippen LogP contribution is -2.27. The molecule has 0 aliphatic rings. The zero-order chi connectivity index (χ0) is 24.6. The van der Waals surface area contributed by atoms with Crippen LogP contribution in [0.25, 0.3) is 16.9 Å². The number of aromatic nitrogens is 3. The summed E-state index contributed by atoms with van der Waals surface area (Å²) in [5.41, 5.74) is 2.61. The van der Waals surface area contributed by atoms with Gasteiger partial charge in [-0.1, -0.05) is 30.3 Å². The molecule has 0 bridgehead atoms. The van der Waals surface area contributed by atoms with E-state index in [1.54, 1.807) is 53.2 Å². The molecule has 2 aromatic carbocycles. The number of carbonyl (C=O) groups is 1. The van der Waals surface area contributed by atoms with Gasteiger partial charge in [-0.2, -0.15) is 10.4 Å². The molecule has 0 N–H and O–H groups in total. The minimum Gasteiger partial charge on any atom is -0.287 e. The maximum Gasteiger partial charge on any atom is 0.265 e. The fourth-order valence-corrected chi connectivity index (χ4v) is 5.75. The molecule has 0 radical (unpaired) electrons. The number of thiophene rings is 1. The van der Waals surface area contributed by atoms with Gasteiger partial charge in [0.05, 0.1) is 33.6 Å². The summed E-state index contributed by atoms with van der Waals surface area (Å²) in [5, 5.41) is 15.6. The number of benzene rings is 2. The maximum atomic E-state index is 13.3. The molecular weight excluding hydrogens is 482 g/mol. The van der Waals surface area contributed by atoms with Gasteiger partial charge in [0.25, 0.3) is 10.0 Å². The topological polar surface area (TPSA) is 108 Å². The zero-order valence-corrected chi connectivity index (χ0v) is 20.0. The third-order valence-corrected chi connectivity index (χ3v) is 8.25. The first-order chi connectivity index (χ1) is 16.9. The van der Waals surface area contributed by atoms with Gasteiger partial charge in [-0.05, 0) is 41.8 Å². The minimum atomic E-state index is -3.98. The maximum absolute atomic E-state index is 13.3. The van der Waals surface area contributed by atoms with E-state index < -0.39 is 10.0 Å². The highest BCUT2D eigenvalue weighted by molar-refractivity contribution is 7.92.